The number of thioether (sulfide) groups is 1. The van der Waals surface area contributed by atoms with Gasteiger partial charge in [-0.15, -0.1) is 0 Å². The number of hydrogen-bond donors (Lipinski definition) is 0. The topological polar surface area (TPSA) is 40.6 Å². The average molecular weight is 415 g/mol. The van der Waals surface area contributed by atoms with E-state index in [1.807, 2.05) is 104 Å². The van der Waals surface area contributed by atoms with Crippen molar-refractivity contribution in [3.05, 3.63) is 101 Å². The smallest absolute Gasteiger partial charge is 0.283 e. The molecule has 30 heavy (non-hydrogen) atoms. The van der Waals surface area contributed by atoms with E-state index in [0.717, 1.165) is 16.1 Å². The zero-order chi connectivity index (χ0) is 21.1. The van der Waals surface area contributed by atoms with Gasteiger partial charge in [0.15, 0.2) is 0 Å². The molecule has 0 fully saturated rings. The normalized spacial score (nSPS) is 13.9. The molecule has 2 amide bonds. The molecule has 4 nitrogen and oxygen atoms in total. The number of nitrogens with zero attached hydrogens (tertiary/aromatic N) is 2. The number of amides is 2. The van der Waals surface area contributed by atoms with Gasteiger partial charge in [-0.1, -0.05) is 65.9 Å². The summed E-state index contributed by atoms with van der Waals surface area (Å²) in [5.41, 5.74) is 2.96. The van der Waals surface area contributed by atoms with Crippen LogP contribution in [0, 0.1) is 6.92 Å². The highest BCUT2D eigenvalue weighted by molar-refractivity contribution is 8.04. The summed E-state index contributed by atoms with van der Waals surface area (Å²) in [5, 5.41) is 0. The number of hydrogen-bond acceptors (Lipinski definition) is 4. The van der Waals surface area contributed by atoms with Gasteiger partial charge in [-0.2, -0.15) is 0 Å². The van der Waals surface area contributed by atoms with Crippen molar-refractivity contribution in [2.75, 3.05) is 16.3 Å². The number of likely N-dealkylation sites (N-methyl/N-ethyl adjacent to an activating group) is 1. The Labute approximate surface area is 180 Å². The Morgan fingerprint density at radius 1 is 0.800 bits per heavy atom. The van der Waals surface area contributed by atoms with Crippen LogP contribution in [0.2, 0.25) is 0 Å². The Balaban J connectivity index is 1.82. The van der Waals surface area contributed by atoms with E-state index in [0.29, 0.717) is 22.8 Å². The largest absolute Gasteiger partial charge is 0.336 e. The molecule has 0 spiro atoms. The maximum Gasteiger partial charge on any atom is 0.283 e. The Morgan fingerprint density at radius 3 is 2.00 bits per heavy atom. The summed E-state index contributed by atoms with van der Waals surface area (Å²) in [4.78, 5) is 31.6. The van der Waals surface area contributed by atoms with Gasteiger partial charge < -0.3 is 4.90 Å². The molecular weight excluding hydrogens is 392 g/mol. The van der Waals surface area contributed by atoms with E-state index in [2.05, 4.69) is 0 Å². The van der Waals surface area contributed by atoms with Crippen molar-refractivity contribution in [2.24, 2.45) is 0 Å². The second kappa shape index (κ2) is 8.59. The van der Waals surface area contributed by atoms with Crippen LogP contribution in [-0.4, -0.2) is 18.4 Å². The number of carbonyl (C=O) groups excluding carboxylic acids is 2. The number of benzene rings is 3. The molecule has 0 N–H and O–H groups in total. The van der Waals surface area contributed by atoms with Crippen LogP contribution in [0.5, 0.6) is 0 Å². The van der Waals surface area contributed by atoms with Crippen molar-refractivity contribution in [3.8, 4) is 0 Å². The first-order valence-corrected chi connectivity index (χ1v) is 10.7. The second-order valence-corrected chi connectivity index (χ2v) is 8.04. The maximum absolute atomic E-state index is 13.6. The van der Waals surface area contributed by atoms with Crippen molar-refractivity contribution in [2.45, 2.75) is 18.7 Å². The fourth-order valence-electron chi connectivity index (χ4n) is 3.44. The molecule has 1 heterocycles. The molecule has 1 aliphatic rings. The highest BCUT2D eigenvalue weighted by atomic mass is 32.2. The van der Waals surface area contributed by atoms with Gasteiger partial charge in [0, 0.05) is 17.1 Å². The molecule has 0 atom stereocenters. The molecule has 0 saturated heterocycles. The Bertz CT molecular complexity index is 1090. The summed E-state index contributed by atoms with van der Waals surface area (Å²) >= 11 is 1.34. The fraction of sp³-hybridized carbons (Fsp3) is 0.120. The molecule has 0 bridgehead atoms. The van der Waals surface area contributed by atoms with Crippen molar-refractivity contribution in [1.29, 1.82) is 0 Å². The third-order valence-electron chi connectivity index (χ3n) is 4.93. The molecule has 0 saturated carbocycles. The van der Waals surface area contributed by atoms with Crippen LogP contribution >= 0.6 is 11.8 Å². The Kier molecular flexibility index (Phi) is 5.72. The lowest BCUT2D eigenvalue weighted by molar-refractivity contribution is -0.120. The molecule has 0 radical (unpaired) electrons. The number of imide groups is 1. The second-order valence-electron chi connectivity index (χ2n) is 6.95. The van der Waals surface area contributed by atoms with Crippen molar-refractivity contribution >= 4 is 35.0 Å². The first kappa shape index (κ1) is 20.0. The molecule has 4 rings (SSSR count). The molecule has 3 aromatic carbocycles. The van der Waals surface area contributed by atoms with Crippen LogP contribution in [-0.2, 0) is 9.59 Å². The number of anilines is 2. The van der Waals surface area contributed by atoms with Crippen molar-refractivity contribution < 1.29 is 9.59 Å². The third-order valence-corrected chi connectivity index (χ3v) is 6.01. The molecule has 150 valence electrons. The predicted molar refractivity (Wildman–Crippen MR) is 122 cm³/mol. The van der Waals surface area contributed by atoms with Crippen LogP contribution in [0.3, 0.4) is 0 Å². The van der Waals surface area contributed by atoms with E-state index in [-0.39, 0.29) is 11.8 Å². The van der Waals surface area contributed by atoms with Gasteiger partial charge in [0.1, 0.15) is 10.6 Å². The van der Waals surface area contributed by atoms with Gasteiger partial charge in [-0.3, -0.25) is 9.59 Å². The highest BCUT2D eigenvalue weighted by Gasteiger charge is 2.42. The predicted octanol–water partition coefficient (Wildman–Crippen LogP) is 5.40. The Morgan fingerprint density at radius 2 is 1.40 bits per heavy atom. The number of para-hydroxylation sites is 1. The van der Waals surface area contributed by atoms with Crippen LogP contribution in [0.1, 0.15) is 12.5 Å². The summed E-state index contributed by atoms with van der Waals surface area (Å²) in [5.74, 6) is -0.588. The van der Waals surface area contributed by atoms with Gasteiger partial charge >= 0.3 is 0 Å². The summed E-state index contributed by atoms with van der Waals surface area (Å²) in [6, 6.07) is 26.8. The molecule has 1 aliphatic heterocycles. The Hall–Kier alpha value is -3.31. The summed E-state index contributed by atoms with van der Waals surface area (Å²) in [6.45, 7) is 4.53. The van der Waals surface area contributed by atoms with E-state index in [4.69, 9.17) is 0 Å². The minimum Gasteiger partial charge on any atom is -0.336 e. The minimum atomic E-state index is -0.298. The molecular formula is C25H22N2O2S. The molecule has 5 heteroatoms. The molecule has 0 aliphatic carbocycles. The SMILES string of the molecule is CCN(C1=C(Sc2ccccc2)C(=O)N(c2ccc(C)cc2)C1=O)c1ccccc1. The summed E-state index contributed by atoms with van der Waals surface area (Å²) < 4.78 is 0. The van der Waals surface area contributed by atoms with E-state index < -0.39 is 0 Å². The summed E-state index contributed by atoms with van der Waals surface area (Å²) in [7, 11) is 0. The first-order valence-electron chi connectivity index (χ1n) is 9.85. The van der Waals surface area contributed by atoms with Crippen LogP contribution < -0.4 is 9.80 Å². The van der Waals surface area contributed by atoms with Gasteiger partial charge in [0.25, 0.3) is 11.8 Å². The van der Waals surface area contributed by atoms with Gasteiger partial charge in [-0.25, -0.2) is 4.90 Å². The zero-order valence-corrected chi connectivity index (χ0v) is 17.7. The van der Waals surface area contributed by atoms with Crippen LogP contribution in [0.4, 0.5) is 11.4 Å². The van der Waals surface area contributed by atoms with E-state index >= 15 is 0 Å². The van der Waals surface area contributed by atoms with E-state index in [1.165, 1.54) is 16.7 Å². The molecule has 3 aromatic rings. The highest BCUT2D eigenvalue weighted by Crippen LogP contribution is 2.39. The van der Waals surface area contributed by atoms with Crippen LogP contribution in [0.25, 0.3) is 0 Å². The number of carbonyl (C=O) groups is 2. The number of aryl methyl sites for hydroxylation is 1. The quantitative estimate of drug-likeness (QED) is 0.507. The lowest BCUT2D eigenvalue weighted by atomic mass is 10.2. The minimum absolute atomic E-state index is 0.290. The summed E-state index contributed by atoms with van der Waals surface area (Å²) in [6.07, 6.45) is 0. The number of rotatable bonds is 6. The van der Waals surface area contributed by atoms with E-state index in [1.54, 1.807) is 0 Å². The molecule has 0 aromatic heterocycles. The van der Waals surface area contributed by atoms with Gasteiger partial charge in [0.2, 0.25) is 0 Å². The van der Waals surface area contributed by atoms with Gasteiger partial charge in [-0.05, 0) is 50.2 Å². The van der Waals surface area contributed by atoms with E-state index in [9.17, 15) is 9.59 Å². The fourth-order valence-corrected chi connectivity index (χ4v) is 4.44. The standard InChI is InChI=1S/C25H22N2O2S/c1-3-26(19-10-6-4-7-11-19)22-23(30-21-12-8-5-9-13-21)25(29)27(24(22)28)20-16-14-18(2)15-17-20/h4-17H,3H2,1-2H3. The third kappa shape index (κ3) is 3.76. The lowest BCUT2D eigenvalue weighted by Gasteiger charge is -2.24. The van der Waals surface area contributed by atoms with Gasteiger partial charge in [0.05, 0.1) is 5.69 Å². The first-order chi connectivity index (χ1) is 14.6. The van der Waals surface area contributed by atoms with Crippen molar-refractivity contribution in [3.63, 3.8) is 0 Å². The van der Waals surface area contributed by atoms with Crippen molar-refractivity contribution in [1.82, 2.24) is 0 Å². The molecule has 0 unspecified atom stereocenters. The average Bonchev–Trinajstić information content (AvgIpc) is 3.01. The zero-order valence-electron chi connectivity index (χ0n) is 16.9. The lowest BCUT2D eigenvalue weighted by Crippen LogP contribution is -2.35. The van der Waals surface area contributed by atoms with Crippen LogP contribution in [0.15, 0.2) is 100 Å². The monoisotopic (exact) mass is 414 g/mol. The maximum atomic E-state index is 13.6.